The van der Waals surface area contributed by atoms with E-state index in [1.165, 1.54) is 5.56 Å². The summed E-state index contributed by atoms with van der Waals surface area (Å²) in [6.07, 6.45) is 3.90. The Morgan fingerprint density at radius 3 is 2.82 bits per heavy atom. The van der Waals surface area contributed by atoms with Crippen LogP contribution in [-0.4, -0.2) is 14.8 Å². The van der Waals surface area contributed by atoms with E-state index < -0.39 is 0 Å². The van der Waals surface area contributed by atoms with Crippen LogP contribution in [0.1, 0.15) is 5.56 Å². The van der Waals surface area contributed by atoms with Crippen LogP contribution in [0.4, 0.5) is 0 Å². The van der Waals surface area contributed by atoms with Crippen LogP contribution in [0.25, 0.3) is 20.8 Å². The van der Waals surface area contributed by atoms with Gasteiger partial charge in [0.25, 0.3) is 0 Å². The van der Waals surface area contributed by atoms with Gasteiger partial charge in [0.05, 0.1) is 23.0 Å². The van der Waals surface area contributed by atoms with E-state index in [0.717, 1.165) is 27.3 Å². The summed E-state index contributed by atoms with van der Waals surface area (Å²) in [5.74, 6) is 0. The summed E-state index contributed by atoms with van der Waals surface area (Å²) in [5.41, 5.74) is 3.20. The average molecular weight is 326 g/mol. The second-order valence-corrected chi connectivity index (χ2v) is 6.51. The maximum atomic E-state index is 6.02. The highest BCUT2D eigenvalue weighted by Gasteiger charge is 2.09. The summed E-state index contributed by atoms with van der Waals surface area (Å²) in [6, 6.07) is 16.1. The molecule has 0 unspecified atom stereocenters. The number of rotatable bonds is 3. The Hall–Kier alpha value is -2.17. The predicted molar refractivity (Wildman–Crippen MR) is 91.4 cm³/mol. The standard InChI is InChI=1S/C17H12ClN3S/c18-14-6-7-16-15(8-14)20-17(22-16)13-9-19-21(11-13)10-12-4-2-1-3-5-12/h1-9,11H,10H2. The number of benzene rings is 2. The van der Waals surface area contributed by atoms with Crippen LogP contribution >= 0.6 is 22.9 Å². The molecule has 2 aromatic heterocycles. The monoisotopic (exact) mass is 325 g/mol. The Bertz CT molecular complexity index is 927. The normalized spacial score (nSPS) is 11.1. The minimum absolute atomic E-state index is 0.712. The predicted octanol–water partition coefficient (Wildman–Crippen LogP) is 4.86. The third kappa shape index (κ3) is 2.63. The number of halogens is 1. The van der Waals surface area contributed by atoms with E-state index in [1.54, 1.807) is 11.3 Å². The van der Waals surface area contributed by atoms with Crippen molar-refractivity contribution < 1.29 is 0 Å². The molecule has 0 saturated heterocycles. The SMILES string of the molecule is Clc1ccc2sc(-c3cnn(Cc4ccccc4)c3)nc2c1. The van der Waals surface area contributed by atoms with Crippen molar-refractivity contribution in [1.82, 2.24) is 14.8 Å². The van der Waals surface area contributed by atoms with Gasteiger partial charge in [-0.15, -0.1) is 11.3 Å². The van der Waals surface area contributed by atoms with Crippen LogP contribution in [0.15, 0.2) is 60.9 Å². The lowest BCUT2D eigenvalue weighted by Crippen LogP contribution is -1.99. The molecule has 2 heterocycles. The quantitative estimate of drug-likeness (QED) is 0.538. The Morgan fingerprint density at radius 1 is 1.09 bits per heavy atom. The minimum Gasteiger partial charge on any atom is -0.268 e. The third-order valence-corrected chi connectivity index (χ3v) is 4.74. The second-order valence-electron chi connectivity index (χ2n) is 5.04. The van der Waals surface area contributed by atoms with Crippen molar-refractivity contribution in [2.75, 3.05) is 0 Å². The van der Waals surface area contributed by atoms with Crippen LogP contribution in [0.3, 0.4) is 0 Å². The first-order chi connectivity index (χ1) is 10.8. The summed E-state index contributed by atoms with van der Waals surface area (Å²) < 4.78 is 3.07. The molecule has 0 saturated carbocycles. The van der Waals surface area contributed by atoms with Crippen LogP contribution < -0.4 is 0 Å². The molecule has 4 aromatic rings. The first-order valence-electron chi connectivity index (χ1n) is 6.91. The van der Waals surface area contributed by atoms with E-state index in [9.17, 15) is 0 Å². The number of aromatic nitrogens is 3. The summed E-state index contributed by atoms with van der Waals surface area (Å²) in [4.78, 5) is 4.64. The van der Waals surface area contributed by atoms with Gasteiger partial charge in [-0.1, -0.05) is 41.9 Å². The highest BCUT2D eigenvalue weighted by molar-refractivity contribution is 7.21. The summed E-state index contributed by atoms with van der Waals surface area (Å²) in [7, 11) is 0. The Kier molecular flexibility index (Phi) is 3.41. The highest BCUT2D eigenvalue weighted by Crippen LogP contribution is 2.31. The fraction of sp³-hybridized carbons (Fsp3) is 0.0588. The minimum atomic E-state index is 0.712. The van der Waals surface area contributed by atoms with Gasteiger partial charge in [-0.05, 0) is 23.8 Å². The zero-order chi connectivity index (χ0) is 14.9. The molecule has 108 valence electrons. The molecule has 0 aliphatic carbocycles. The van der Waals surface area contributed by atoms with Gasteiger partial charge in [-0.3, -0.25) is 4.68 Å². The van der Waals surface area contributed by atoms with Crippen molar-refractivity contribution in [3.8, 4) is 10.6 Å². The first-order valence-corrected chi connectivity index (χ1v) is 8.10. The third-order valence-electron chi connectivity index (χ3n) is 3.42. The molecule has 2 aromatic carbocycles. The smallest absolute Gasteiger partial charge is 0.127 e. The van der Waals surface area contributed by atoms with Gasteiger partial charge < -0.3 is 0 Å². The maximum Gasteiger partial charge on any atom is 0.127 e. The van der Waals surface area contributed by atoms with Crippen molar-refractivity contribution in [2.24, 2.45) is 0 Å². The lowest BCUT2D eigenvalue weighted by molar-refractivity contribution is 0.687. The molecule has 4 rings (SSSR count). The van der Waals surface area contributed by atoms with E-state index in [4.69, 9.17) is 11.6 Å². The van der Waals surface area contributed by atoms with Gasteiger partial charge in [-0.25, -0.2) is 4.98 Å². The molecular formula is C17H12ClN3S. The molecule has 3 nitrogen and oxygen atoms in total. The average Bonchev–Trinajstić information content (AvgIpc) is 3.14. The molecule has 0 spiro atoms. The van der Waals surface area contributed by atoms with Crippen molar-refractivity contribution in [2.45, 2.75) is 6.54 Å². The molecule has 0 N–H and O–H groups in total. The Balaban J connectivity index is 1.65. The molecular weight excluding hydrogens is 314 g/mol. The van der Waals surface area contributed by atoms with E-state index >= 15 is 0 Å². The molecule has 5 heteroatoms. The maximum absolute atomic E-state index is 6.02. The van der Waals surface area contributed by atoms with Gasteiger partial charge >= 0.3 is 0 Å². The van der Waals surface area contributed by atoms with Crippen molar-refractivity contribution in [3.05, 3.63) is 71.5 Å². The van der Waals surface area contributed by atoms with Crippen LogP contribution in [0.5, 0.6) is 0 Å². The largest absolute Gasteiger partial charge is 0.268 e. The molecule has 0 aliphatic rings. The zero-order valence-electron chi connectivity index (χ0n) is 11.6. The topological polar surface area (TPSA) is 30.7 Å². The Morgan fingerprint density at radius 2 is 1.95 bits per heavy atom. The number of hydrogen-bond donors (Lipinski definition) is 0. The molecule has 0 amide bonds. The summed E-state index contributed by atoms with van der Waals surface area (Å²) >= 11 is 7.67. The van der Waals surface area contributed by atoms with Gasteiger partial charge in [0.15, 0.2) is 0 Å². The summed E-state index contributed by atoms with van der Waals surface area (Å²) in [5, 5.41) is 6.11. The number of nitrogens with zero attached hydrogens (tertiary/aromatic N) is 3. The lowest BCUT2D eigenvalue weighted by Gasteiger charge is -2.00. The van der Waals surface area contributed by atoms with Crippen LogP contribution in [-0.2, 0) is 6.54 Å². The second kappa shape index (κ2) is 5.55. The van der Waals surface area contributed by atoms with E-state index in [2.05, 4.69) is 22.2 Å². The molecule has 0 aliphatic heterocycles. The Labute approximate surface area is 136 Å². The molecule has 22 heavy (non-hydrogen) atoms. The van der Waals surface area contributed by atoms with Gasteiger partial charge in [0.1, 0.15) is 5.01 Å². The van der Waals surface area contributed by atoms with E-state index in [1.807, 2.05) is 53.5 Å². The molecule has 0 bridgehead atoms. The molecule has 0 fully saturated rings. The first kappa shape index (κ1) is 13.5. The van der Waals surface area contributed by atoms with Crippen LogP contribution in [0.2, 0.25) is 5.02 Å². The van der Waals surface area contributed by atoms with E-state index in [-0.39, 0.29) is 0 Å². The highest BCUT2D eigenvalue weighted by atomic mass is 35.5. The zero-order valence-corrected chi connectivity index (χ0v) is 13.2. The van der Waals surface area contributed by atoms with Gasteiger partial charge in [0.2, 0.25) is 0 Å². The summed E-state index contributed by atoms with van der Waals surface area (Å²) in [6.45, 7) is 0.761. The van der Waals surface area contributed by atoms with Crippen molar-refractivity contribution in [1.29, 1.82) is 0 Å². The molecule has 0 radical (unpaired) electrons. The van der Waals surface area contributed by atoms with Gasteiger partial charge in [-0.2, -0.15) is 5.10 Å². The number of fused-ring (bicyclic) bond motifs is 1. The van der Waals surface area contributed by atoms with Crippen molar-refractivity contribution >= 4 is 33.2 Å². The fourth-order valence-electron chi connectivity index (χ4n) is 2.36. The van der Waals surface area contributed by atoms with E-state index in [0.29, 0.717) is 5.02 Å². The number of thiazole rings is 1. The fourth-order valence-corrected chi connectivity index (χ4v) is 3.44. The van der Waals surface area contributed by atoms with Gasteiger partial charge in [0, 0.05) is 16.8 Å². The van der Waals surface area contributed by atoms with Crippen molar-refractivity contribution in [3.63, 3.8) is 0 Å². The lowest BCUT2D eigenvalue weighted by atomic mass is 10.2. The molecule has 0 atom stereocenters. The van der Waals surface area contributed by atoms with Crippen LogP contribution in [0, 0.1) is 0 Å². The number of hydrogen-bond acceptors (Lipinski definition) is 3.